The van der Waals surface area contributed by atoms with E-state index in [9.17, 15) is 0 Å². The van der Waals surface area contributed by atoms with Gasteiger partial charge in [0, 0.05) is 12.4 Å². The van der Waals surface area contributed by atoms with Crippen LogP contribution >= 0.6 is 0 Å². The van der Waals surface area contributed by atoms with Gasteiger partial charge in [0.2, 0.25) is 0 Å². The highest BCUT2D eigenvalue weighted by Gasteiger charge is 2.15. The zero-order valence-electron chi connectivity index (χ0n) is 11.6. The summed E-state index contributed by atoms with van der Waals surface area (Å²) in [7, 11) is 0. The molecule has 0 aliphatic rings. The fraction of sp³-hybridized carbons (Fsp3) is 0. The number of hydrogen-bond donors (Lipinski definition) is 0. The molecule has 0 aliphatic carbocycles. The average Bonchev–Trinajstić information content (AvgIpc) is 2.95. The lowest BCUT2D eigenvalue weighted by Crippen LogP contribution is -2.07. The van der Waals surface area contributed by atoms with Gasteiger partial charge in [0.25, 0.3) is 0 Å². The molecule has 0 N–H and O–H groups in total. The van der Waals surface area contributed by atoms with Crippen molar-refractivity contribution < 1.29 is 4.84 Å². The Morgan fingerprint density at radius 1 is 0.864 bits per heavy atom. The molecule has 5 heteroatoms. The van der Waals surface area contributed by atoms with Crippen molar-refractivity contribution in [2.75, 3.05) is 0 Å². The van der Waals surface area contributed by atoms with Crippen LogP contribution in [0.15, 0.2) is 73.2 Å². The zero-order valence-corrected chi connectivity index (χ0v) is 11.6. The van der Waals surface area contributed by atoms with Crippen LogP contribution < -0.4 is 4.84 Å². The number of benzene rings is 1. The van der Waals surface area contributed by atoms with Gasteiger partial charge in [-0.3, -0.25) is 9.97 Å². The lowest BCUT2D eigenvalue weighted by atomic mass is 10.3. The summed E-state index contributed by atoms with van der Waals surface area (Å²) in [6.45, 7) is 0. The van der Waals surface area contributed by atoms with Crippen LogP contribution in [0.25, 0.3) is 22.6 Å². The Labute approximate surface area is 126 Å². The van der Waals surface area contributed by atoms with Crippen LogP contribution in [0, 0.1) is 0 Å². The van der Waals surface area contributed by atoms with Crippen LogP contribution in [-0.2, 0) is 0 Å². The quantitative estimate of drug-likeness (QED) is 0.580. The van der Waals surface area contributed by atoms with E-state index in [1.165, 1.54) is 0 Å². The van der Waals surface area contributed by atoms with Crippen molar-refractivity contribution in [3.8, 4) is 17.3 Å². The highest BCUT2D eigenvalue weighted by molar-refractivity contribution is 5.79. The molecule has 0 saturated carbocycles. The molecule has 0 aliphatic heterocycles. The zero-order chi connectivity index (χ0) is 14.8. The van der Waals surface area contributed by atoms with Crippen LogP contribution in [0.4, 0.5) is 0 Å². The number of nitrogens with zero attached hydrogens (tertiary/aromatic N) is 4. The summed E-state index contributed by atoms with van der Waals surface area (Å²) in [4.78, 5) is 19.0. The third-order valence-electron chi connectivity index (χ3n) is 3.24. The predicted molar refractivity (Wildman–Crippen MR) is 83.2 cm³/mol. The van der Waals surface area contributed by atoms with Gasteiger partial charge in [0.1, 0.15) is 11.2 Å². The van der Waals surface area contributed by atoms with Gasteiger partial charge >= 0.3 is 0 Å². The van der Waals surface area contributed by atoms with Crippen LogP contribution in [0.1, 0.15) is 0 Å². The van der Waals surface area contributed by atoms with E-state index in [0.717, 1.165) is 16.7 Å². The second kappa shape index (κ2) is 5.29. The Bertz CT molecular complexity index is 904. The van der Waals surface area contributed by atoms with Crippen molar-refractivity contribution in [3.05, 3.63) is 73.2 Å². The summed E-state index contributed by atoms with van der Waals surface area (Å²) in [5.74, 6) is 1.30. The molecule has 5 nitrogen and oxygen atoms in total. The number of aromatic nitrogens is 4. The summed E-state index contributed by atoms with van der Waals surface area (Å²) in [5.41, 5.74) is 2.49. The van der Waals surface area contributed by atoms with Crippen LogP contribution in [0.3, 0.4) is 0 Å². The largest absolute Gasteiger partial charge is 0.371 e. The SMILES string of the molecule is c1ccc(-c2nc3ccccc3n2Oc2cccnc2)nc1. The topological polar surface area (TPSA) is 52.8 Å². The monoisotopic (exact) mass is 288 g/mol. The molecule has 0 bridgehead atoms. The molecule has 4 aromatic rings. The minimum atomic E-state index is 0.642. The molecule has 0 spiro atoms. The molecule has 0 amide bonds. The Kier molecular flexibility index (Phi) is 3.01. The summed E-state index contributed by atoms with van der Waals surface area (Å²) < 4.78 is 1.69. The molecule has 0 unspecified atom stereocenters. The molecule has 1 aromatic carbocycles. The van der Waals surface area contributed by atoms with E-state index in [4.69, 9.17) is 4.84 Å². The van der Waals surface area contributed by atoms with E-state index in [1.54, 1.807) is 23.3 Å². The highest BCUT2D eigenvalue weighted by atomic mass is 16.7. The van der Waals surface area contributed by atoms with Gasteiger partial charge in [-0.1, -0.05) is 18.2 Å². The van der Waals surface area contributed by atoms with E-state index in [2.05, 4.69) is 15.0 Å². The molecular formula is C17H12N4O. The fourth-order valence-electron chi connectivity index (χ4n) is 2.26. The molecule has 4 rings (SSSR count). The fourth-order valence-corrected chi connectivity index (χ4v) is 2.26. The first kappa shape index (κ1) is 12.5. The summed E-state index contributed by atoms with van der Waals surface area (Å²) in [6.07, 6.45) is 5.11. The molecule has 0 atom stereocenters. The number of para-hydroxylation sites is 2. The lowest BCUT2D eigenvalue weighted by Gasteiger charge is -2.09. The minimum absolute atomic E-state index is 0.642. The van der Waals surface area contributed by atoms with Gasteiger partial charge in [-0.15, -0.1) is 0 Å². The van der Waals surface area contributed by atoms with Crippen molar-refractivity contribution >= 4 is 11.0 Å². The van der Waals surface area contributed by atoms with Crippen molar-refractivity contribution in [2.24, 2.45) is 0 Å². The van der Waals surface area contributed by atoms with Crippen LogP contribution in [0.5, 0.6) is 5.75 Å². The molecular weight excluding hydrogens is 276 g/mol. The van der Waals surface area contributed by atoms with Gasteiger partial charge in [0.15, 0.2) is 11.6 Å². The van der Waals surface area contributed by atoms with Gasteiger partial charge in [0.05, 0.1) is 11.7 Å². The normalized spacial score (nSPS) is 10.7. The number of hydrogen-bond acceptors (Lipinski definition) is 4. The van der Waals surface area contributed by atoms with E-state index < -0.39 is 0 Å². The first-order valence-electron chi connectivity index (χ1n) is 6.89. The van der Waals surface area contributed by atoms with E-state index >= 15 is 0 Å². The first-order chi connectivity index (χ1) is 10.9. The maximum Gasteiger partial charge on any atom is 0.196 e. The number of rotatable bonds is 3. The third-order valence-corrected chi connectivity index (χ3v) is 3.24. The smallest absolute Gasteiger partial charge is 0.196 e. The van der Waals surface area contributed by atoms with Crippen LogP contribution in [-0.4, -0.2) is 19.7 Å². The molecule has 106 valence electrons. The first-order valence-corrected chi connectivity index (χ1v) is 6.89. The lowest BCUT2D eigenvalue weighted by molar-refractivity contribution is 0.230. The maximum absolute atomic E-state index is 5.97. The van der Waals surface area contributed by atoms with E-state index in [-0.39, 0.29) is 0 Å². The molecule has 3 aromatic heterocycles. The second-order valence-electron chi connectivity index (χ2n) is 4.71. The second-order valence-corrected chi connectivity index (χ2v) is 4.71. The Morgan fingerprint density at radius 2 is 1.77 bits per heavy atom. The number of pyridine rings is 2. The molecule has 0 radical (unpaired) electrons. The van der Waals surface area contributed by atoms with Gasteiger partial charge < -0.3 is 4.84 Å². The van der Waals surface area contributed by atoms with Crippen molar-refractivity contribution in [1.82, 2.24) is 19.7 Å². The van der Waals surface area contributed by atoms with E-state index in [0.29, 0.717) is 11.6 Å². The van der Waals surface area contributed by atoms with Crippen molar-refractivity contribution in [2.45, 2.75) is 0 Å². The van der Waals surface area contributed by atoms with Gasteiger partial charge in [-0.25, -0.2) is 4.98 Å². The van der Waals surface area contributed by atoms with Crippen molar-refractivity contribution in [3.63, 3.8) is 0 Å². The highest BCUT2D eigenvalue weighted by Crippen LogP contribution is 2.24. The average molecular weight is 288 g/mol. The summed E-state index contributed by atoms with van der Waals surface area (Å²) in [5, 5.41) is 0. The van der Waals surface area contributed by atoms with E-state index in [1.807, 2.05) is 54.6 Å². The standard InChI is InChI=1S/C17H12N4O/c1-2-9-16-14(7-1)20-17(15-8-3-4-11-19-15)21(16)22-13-6-5-10-18-12-13/h1-12H. The van der Waals surface area contributed by atoms with Gasteiger partial charge in [-0.2, -0.15) is 4.73 Å². The number of fused-ring (bicyclic) bond motifs is 1. The number of imidazole rings is 1. The predicted octanol–water partition coefficient (Wildman–Crippen LogP) is 3.34. The maximum atomic E-state index is 5.97. The summed E-state index contributed by atoms with van der Waals surface area (Å²) >= 11 is 0. The summed E-state index contributed by atoms with van der Waals surface area (Å²) in [6, 6.07) is 17.2. The minimum Gasteiger partial charge on any atom is -0.371 e. The van der Waals surface area contributed by atoms with Crippen LogP contribution in [0.2, 0.25) is 0 Å². The molecule has 0 fully saturated rings. The Hall–Kier alpha value is -3.21. The Morgan fingerprint density at radius 3 is 2.59 bits per heavy atom. The molecule has 0 saturated heterocycles. The molecule has 22 heavy (non-hydrogen) atoms. The third kappa shape index (κ3) is 2.18. The van der Waals surface area contributed by atoms with Crippen molar-refractivity contribution in [1.29, 1.82) is 0 Å². The molecule has 3 heterocycles. The van der Waals surface area contributed by atoms with Gasteiger partial charge in [-0.05, 0) is 36.4 Å². The Balaban J connectivity index is 1.91.